The van der Waals surface area contributed by atoms with Crippen molar-refractivity contribution in [3.63, 3.8) is 0 Å². The molecule has 0 radical (unpaired) electrons. The van der Waals surface area contributed by atoms with Gasteiger partial charge >= 0.3 is 0 Å². The van der Waals surface area contributed by atoms with E-state index in [-0.39, 0.29) is 18.0 Å². The van der Waals surface area contributed by atoms with Crippen LogP contribution in [0.2, 0.25) is 0 Å². The highest BCUT2D eigenvalue weighted by Gasteiger charge is 2.27. The van der Waals surface area contributed by atoms with Gasteiger partial charge in [0.15, 0.2) is 0 Å². The third-order valence-corrected chi connectivity index (χ3v) is 4.07. The maximum atomic E-state index is 12.8. The van der Waals surface area contributed by atoms with E-state index in [1.807, 2.05) is 44.2 Å². The Labute approximate surface area is 164 Å². The van der Waals surface area contributed by atoms with Gasteiger partial charge in [-0.25, -0.2) is 4.98 Å². The zero-order chi connectivity index (χ0) is 20.5. The molecule has 28 heavy (non-hydrogen) atoms. The molecule has 148 valence electrons. The Morgan fingerprint density at radius 1 is 1.04 bits per heavy atom. The summed E-state index contributed by atoms with van der Waals surface area (Å²) in [5.41, 5.74) is 6.38. The van der Waals surface area contributed by atoms with Gasteiger partial charge in [-0.15, -0.1) is 0 Å². The minimum Gasteiger partial charge on any atom is -0.368 e. The monoisotopic (exact) mass is 383 g/mol. The molecule has 0 bridgehead atoms. The van der Waals surface area contributed by atoms with E-state index in [9.17, 15) is 14.4 Å². The van der Waals surface area contributed by atoms with Crippen LogP contribution in [0.25, 0.3) is 0 Å². The van der Waals surface area contributed by atoms with Crippen LogP contribution in [0.1, 0.15) is 36.3 Å². The second-order valence-corrected chi connectivity index (χ2v) is 6.90. The van der Waals surface area contributed by atoms with Crippen molar-refractivity contribution in [2.24, 2.45) is 11.7 Å². The van der Waals surface area contributed by atoms with Gasteiger partial charge in [0, 0.05) is 18.8 Å². The van der Waals surface area contributed by atoms with Crippen LogP contribution in [0.4, 0.5) is 0 Å². The van der Waals surface area contributed by atoms with Crippen molar-refractivity contribution in [1.82, 2.24) is 20.6 Å². The Hall–Kier alpha value is -3.29. The van der Waals surface area contributed by atoms with E-state index in [4.69, 9.17) is 5.73 Å². The smallest absolute Gasteiger partial charge is 0.272 e. The molecule has 0 aliphatic rings. The number of rotatable bonds is 9. The molecular formula is C20H25N5O3. The lowest BCUT2D eigenvalue weighted by Crippen LogP contribution is -2.54. The van der Waals surface area contributed by atoms with Crippen molar-refractivity contribution in [2.45, 2.75) is 38.8 Å². The summed E-state index contributed by atoms with van der Waals surface area (Å²) >= 11 is 0. The summed E-state index contributed by atoms with van der Waals surface area (Å²) in [5, 5.41) is 5.33. The summed E-state index contributed by atoms with van der Waals surface area (Å²) in [7, 11) is 0. The van der Waals surface area contributed by atoms with Crippen molar-refractivity contribution in [1.29, 1.82) is 0 Å². The standard InChI is InChI=1S/C20H25N5O3/c1-13(2)10-15(18(21)26)24-19(27)16(11-14-6-4-3-5-7-14)25-20(28)17-12-22-8-9-23-17/h3-9,12-13,15-16H,10-11H2,1-2H3,(H2,21,26)(H,24,27)(H,25,28). The van der Waals surface area contributed by atoms with Crippen LogP contribution in [0.15, 0.2) is 48.9 Å². The highest BCUT2D eigenvalue weighted by molar-refractivity contribution is 5.97. The number of carbonyl (C=O) groups excluding carboxylic acids is 3. The number of hydrogen-bond donors (Lipinski definition) is 3. The summed E-state index contributed by atoms with van der Waals surface area (Å²) in [6, 6.07) is 7.57. The van der Waals surface area contributed by atoms with Crippen LogP contribution in [0.3, 0.4) is 0 Å². The summed E-state index contributed by atoms with van der Waals surface area (Å²) in [6.07, 6.45) is 4.84. The molecule has 0 aliphatic heterocycles. The first kappa shape index (κ1) is 21.0. The SMILES string of the molecule is CC(C)CC(NC(=O)C(Cc1ccccc1)NC(=O)c1cnccn1)C(N)=O. The lowest BCUT2D eigenvalue weighted by atomic mass is 10.0. The molecule has 2 unspecified atom stereocenters. The van der Waals surface area contributed by atoms with Crippen molar-refractivity contribution in [3.8, 4) is 0 Å². The highest BCUT2D eigenvalue weighted by Crippen LogP contribution is 2.08. The van der Waals surface area contributed by atoms with Gasteiger partial charge in [0.2, 0.25) is 11.8 Å². The van der Waals surface area contributed by atoms with E-state index < -0.39 is 29.8 Å². The summed E-state index contributed by atoms with van der Waals surface area (Å²) < 4.78 is 0. The molecule has 2 rings (SSSR count). The highest BCUT2D eigenvalue weighted by atomic mass is 16.2. The van der Waals surface area contributed by atoms with Gasteiger partial charge in [-0.3, -0.25) is 19.4 Å². The number of carbonyl (C=O) groups is 3. The van der Waals surface area contributed by atoms with Crippen molar-refractivity contribution in [2.75, 3.05) is 0 Å². The van der Waals surface area contributed by atoms with Crippen molar-refractivity contribution in [3.05, 3.63) is 60.2 Å². The van der Waals surface area contributed by atoms with Crippen molar-refractivity contribution >= 4 is 17.7 Å². The van der Waals surface area contributed by atoms with Gasteiger partial charge in [-0.05, 0) is 17.9 Å². The van der Waals surface area contributed by atoms with Crippen LogP contribution in [0.5, 0.6) is 0 Å². The lowest BCUT2D eigenvalue weighted by Gasteiger charge is -2.23. The van der Waals surface area contributed by atoms with Gasteiger partial charge < -0.3 is 16.4 Å². The molecular weight excluding hydrogens is 358 g/mol. The quantitative estimate of drug-likeness (QED) is 0.591. The molecule has 1 aromatic heterocycles. The number of nitrogens with zero attached hydrogens (tertiary/aromatic N) is 2. The van der Waals surface area contributed by atoms with E-state index in [1.54, 1.807) is 0 Å². The molecule has 0 aliphatic carbocycles. The fourth-order valence-corrected chi connectivity index (χ4v) is 2.70. The van der Waals surface area contributed by atoms with Gasteiger partial charge in [0.05, 0.1) is 6.20 Å². The molecule has 2 atom stereocenters. The predicted octanol–water partition coefficient (Wildman–Crippen LogP) is 0.834. The Morgan fingerprint density at radius 2 is 1.75 bits per heavy atom. The van der Waals surface area contributed by atoms with Crippen LogP contribution in [-0.4, -0.2) is 39.8 Å². The number of aromatic nitrogens is 2. The van der Waals surface area contributed by atoms with Gasteiger partial charge in [0.25, 0.3) is 5.91 Å². The average Bonchev–Trinajstić information content (AvgIpc) is 2.68. The fourth-order valence-electron chi connectivity index (χ4n) is 2.70. The molecule has 0 saturated carbocycles. The minimum absolute atomic E-state index is 0.0991. The summed E-state index contributed by atoms with van der Waals surface area (Å²) in [5.74, 6) is -1.45. The first-order valence-corrected chi connectivity index (χ1v) is 9.07. The normalized spacial score (nSPS) is 12.8. The molecule has 2 aromatic rings. The van der Waals surface area contributed by atoms with E-state index >= 15 is 0 Å². The zero-order valence-corrected chi connectivity index (χ0v) is 16.0. The van der Waals surface area contributed by atoms with E-state index in [0.29, 0.717) is 6.42 Å². The van der Waals surface area contributed by atoms with Crippen LogP contribution in [0, 0.1) is 5.92 Å². The van der Waals surface area contributed by atoms with Gasteiger partial charge in [-0.2, -0.15) is 0 Å². The number of nitrogens with one attached hydrogen (secondary N) is 2. The molecule has 4 N–H and O–H groups in total. The second-order valence-electron chi connectivity index (χ2n) is 6.90. The predicted molar refractivity (Wildman–Crippen MR) is 104 cm³/mol. The third kappa shape index (κ3) is 6.46. The molecule has 0 fully saturated rings. The van der Waals surface area contributed by atoms with Gasteiger partial charge in [0.1, 0.15) is 17.8 Å². The maximum absolute atomic E-state index is 12.8. The largest absolute Gasteiger partial charge is 0.368 e. The van der Waals surface area contributed by atoms with E-state index in [1.165, 1.54) is 18.6 Å². The molecule has 8 nitrogen and oxygen atoms in total. The molecule has 8 heteroatoms. The average molecular weight is 383 g/mol. The summed E-state index contributed by atoms with van der Waals surface area (Å²) in [4.78, 5) is 44.8. The first-order chi connectivity index (χ1) is 13.4. The Balaban J connectivity index is 2.17. The minimum atomic E-state index is -0.897. The van der Waals surface area contributed by atoms with Crippen LogP contribution in [-0.2, 0) is 16.0 Å². The Bertz CT molecular complexity index is 796. The molecule has 3 amide bonds. The van der Waals surface area contributed by atoms with E-state index in [0.717, 1.165) is 5.56 Å². The second kappa shape index (κ2) is 10.1. The maximum Gasteiger partial charge on any atom is 0.272 e. The Kier molecular flexibility index (Phi) is 7.62. The van der Waals surface area contributed by atoms with Crippen molar-refractivity contribution < 1.29 is 14.4 Å². The molecule has 1 heterocycles. The topological polar surface area (TPSA) is 127 Å². The lowest BCUT2D eigenvalue weighted by molar-refractivity contribution is -0.128. The summed E-state index contributed by atoms with van der Waals surface area (Å²) in [6.45, 7) is 3.86. The molecule has 0 saturated heterocycles. The van der Waals surface area contributed by atoms with Crippen LogP contribution >= 0.6 is 0 Å². The zero-order valence-electron chi connectivity index (χ0n) is 16.0. The van der Waals surface area contributed by atoms with Crippen LogP contribution < -0.4 is 16.4 Å². The molecule has 1 aromatic carbocycles. The first-order valence-electron chi connectivity index (χ1n) is 9.07. The number of amides is 3. The fraction of sp³-hybridized carbons (Fsp3) is 0.350. The van der Waals surface area contributed by atoms with E-state index in [2.05, 4.69) is 20.6 Å². The number of hydrogen-bond acceptors (Lipinski definition) is 5. The third-order valence-electron chi connectivity index (χ3n) is 4.07. The number of primary amides is 1. The number of nitrogens with two attached hydrogens (primary N) is 1. The number of benzene rings is 1. The van der Waals surface area contributed by atoms with Gasteiger partial charge in [-0.1, -0.05) is 44.2 Å². The molecule has 0 spiro atoms. The Morgan fingerprint density at radius 3 is 2.32 bits per heavy atom.